The molecular formula is C11H14BrNO. The Morgan fingerprint density at radius 3 is 3.07 bits per heavy atom. The lowest BCUT2D eigenvalue weighted by Gasteiger charge is -1.96. The van der Waals surface area contributed by atoms with Crippen molar-refractivity contribution in [1.29, 1.82) is 0 Å². The zero-order chi connectivity index (χ0) is 9.80. The van der Waals surface area contributed by atoms with Crippen molar-refractivity contribution in [2.24, 2.45) is 0 Å². The van der Waals surface area contributed by atoms with Gasteiger partial charge < -0.3 is 9.73 Å². The smallest absolute Gasteiger partial charge is 0.140 e. The maximum Gasteiger partial charge on any atom is 0.140 e. The summed E-state index contributed by atoms with van der Waals surface area (Å²) in [5.41, 5.74) is 0. The first-order valence-corrected chi connectivity index (χ1v) is 5.78. The molecule has 1 saturated carbocycles. The first-order chi connectivity index (χ1) is 6.86. The Morgan fingerprint density at radius 1 is 1.57 bits per heavy atom. The van der Waals surface area contributed by atoms with Crippen molar-refractivity contribution in [3.05, 3.63) is 28.6 Å². The maximum absolute atomic E-state index is 5.25. The monoisotopic (exact) mass is 255 g/mol. The molecule has 1 aliphatic carbocycles. The molecule has 0 spiro atoms. The standard InChI is InChI=1S/C11H14BrNO/c12-10-6-8-14-11(10)3-1-2-7-13-9-4-5-9/h1,3,6,8-9,13H,2,4-5,7H2. The van der Waals surface area contributed by atoms with E-state index in [9.17, 15) is 0 Å². The highest BCUT2D eigenvalue weighted by Gasteiger charge is 2.19. The van der Waals surface area contributed by atoms with Gasteiger partial charge in [0.1, 0.15) is 5.76 Å². The summed E-state index contributed by atoms with van der Waals surface area (Å²) in [7, 11) is 0. The Kier molecular flexibility index (Phi) is 3.43. The fourth-order valence-electron chi connectivity index (χ4n) is 1.27. The molecule has 1 aromatic rings. The molecule has 14 heavy (non-hydrogen) atoms. The highest BCUT2D eigenvalue weighted by Crippen LogP contribution is 2.19. The van der Waals surface area contributed by atoms with Crippen molar-refractivity contribution < 1.29 is 4.42 Å². The van der Waals surface area contributed by atoms with E-state index in [1.165, 1.54) is 12.8 Å². The van der Waals surface area contributed by atoms with Crippen molar-refractivity contribution in [2.45, 2.75) is 25.3 Å². The van der Waals surface area contributed by atoms with Crippen molar-refractivity contribution >= 4 is 22.0 Å². The van der Waals surface area contributed by atoms with E-state index in [2.05, 4.69) is 27.3 Å². The average Bonchev–Trinajstić information content (AvgIpc) is 2.91. The van der Waals surface area contributed by atoms with E-state index in [4.69, 9.17) is 4.42 Å². The van der Waals surface area contributed by atoms with Crippen LogP contribution in [0, 0.1) is 0 Å². The summed E-state index contributed by atoms with van der Waals surface area (Å²) in [5, 5.41) is 3.46. The second-order valence-electron chi connectivity index (χ2n) is 3.55. The molecule has 0 aromatic carbocycles. The SMILES string of the molecule is Brc1ccoc1C=CCCNC1CC1. The molecule has 1 fully saturated rings. The summed E-state index contributed by atoms with van der Waals surface area (Å²) in [6.45, 7) is 1.07. The van der Waals surface area contributed by atoms with Crippen LogP contribution in [0.2, 0.25) is 0 Å². The van der Waals surface area contributed by atoms with Crippen molar-refractivity contribution in [1.82, 2.24) is 5.32 Å². The normalized spacial score (nSPS) is 16.6. The molecule has 0 radical (unpaired) electrons. The minimum atomic E-state index is 0.804. The number of nitrogens with one attached hydrogen (secondary N) is 1. The van der Waals surface area contributed by atoms with E-state index in [0.717, 1.165) is 29.2 Å². The Morgan fingerprint density at radius 2 is 2.43 bits per heavy atom. The zero-order valence-corrected chi connectivity index (χ0v) is 9.59. The molecule has 2 nitrogen and oxygen atoms in total. The lowest BCUT2D eigenvalue weighted by atomic mass is 10.3. The van der Waals surface area contributed by atoms with Crippen LogP contribution in [0.5, 0.6) is 0 Å². The van der Waals surface area contributed by atoms with Crippen LogP contribution < -0.4 is 5.32 Å². The van der Waals surface area contributed by atoms with Crippen molar-refractivity contribution in [3.63, 3.8) is 0 Å². The minimum absolute atomic E-state index is 0.804. The molecular weight excluding hydrogens is 242 g/mol. The summed E-state index contributed by atoms with van der Waals surface area (Å²) in [6, 6.07) is 2.71. The molecule has 1 heterocycles. The summed E-state index contributed by atoms with van der Waals surface area (Å²) in [4.78, 5) is 0. The molecule has 0 aliphatic heterocycles. The van der Waals surface area contributed by atoms with Crippen molar-refractivity contribution in [2.75, 3.05) is 6.54 Å². The maximum atomic E-state index is 5.25. The van der Waals surface area contributed by atoms with Crippen LogP contribution in [-0.4, -0.2) is 12.6 Å². The van der Waals surface area contributed by atoms with Crippen LogP contribution in [0.15, 0.2) is 27.3 Å². The van der Waals surface area contributed by atoms with Crippen LogP contribution in [0.3, 0.4) is 0 Å². The number of furan rings is 1. The topological polar surface area (TPSA) is 25.2 Å². The molecule has 76 valence electrons. The largest absolute Gasteiger partial charge is 0.464 e. The van der Waals surface area contributed by atoms with Gasteiger partial charge in [0.05, 0.1) is 10.7 Å². The van der Waals surface area contributed by atoms with Gasteiger partial charge in [0.2, 0.25) is 0 Å². The number of halogens is 1. The van der Waals surface area contributed by atoms with Gasteiger partial charge in [-0.05, 0) is 53.9 Å². The van der Waals surface area contributed by atoms with Gasteiger partial charge in [-0.1, -0.05) is 6.08 Å². The van der Waals surface area contributed by atoms with Crippen LogP contribution in [0.25, 0.3) is 6.08 Å². The van der Waals surface area contributed by atoms with E-state index in [1.807, 2.05) is 12.1 Å². The van der Waals surface area contributed by atoms with Gasteiger partial charge in [-0.2, -0.15) is 0 Å². The van der Waals surface area contributed by atoms with Crippen LogP contribution in [0.1, 0.15) is 25.0 Å². The molecule has 2 rings (SSSR count). The molecule has 0 saturated heterocycles. The fraction of sp³-hybridized carbons (Fsp3) is 0.455. The second kappa shape index (κ2) is 4.80. The molecule has 1 aromatic heterocycles. The van der Waals surface area contributed by atoms with Gasteiger partial charge in [-0.15, -0.1) is 0 Å². The van der Waals surface area contributed by atoms with Crippen LogP contribution in [0.4, 0.5) is 0 Å². The minimum Gasteiger partial charge on any atom is -0.464 e. The van der Waals surface area contributed by atoms with Gasteiger partial charge in [-0.3, -0.25) is 0 Å². The Hall–Kier alpha value is -0.540. The Balaban J connectivity index is 1.68. The van der Waals surface area contributed by atoms with E-state index < -0.39 is 0 Å². The summed E-state index contributed by atoms with van der Waals surface area (Å²) in [6.07, 6.45) is 9.61. The fourth-order valence-corrected chi connectivity index (χ4v) is 1.61. The number of hydrogen-bond donors (Lipinski definition) is 1. The first kappa shape index (κ1) is 9.99. The number of rotatable bonds is 5. The average molecular weight is 256 g/mol. The second-order valence-corrected chi connectivity index (χ2v) is 4.41. The Labute approximate surface area is 92.5 Å². The van der Waals surface area contributed by atoms with Crippen molar-refractivity contribution in [3.8, 4) is 0 Å². The highest BCUT2D eigenvalue weighted by molar-refractivity contribution is 9.10. The summed E-state index contributed by atoms with van der Waals surface area (Å²) >= 11 is 3.41. The van der Waals surface area contributed by atoms with E-state index >= 15 is 0 Å². The van der Waals surface area contributed by atoms with Gasteiger partial charge in [0, 0.05) is 6.04 Å². The zero-order valence-electron chi connectivity index (χ0n) is 8.00. The third-order valence-electron chi connectivity index (χ3n) is 2.24. The molecule has 0 amide bonds. The predicted octanol–water partition coefficient (Wildman–Crippen LogP) is 3.20. The molecule has 0 bridgehead atoms. The van der Waals surface area contributed by atoms with Gasteiger partial charge in [0.15, 0.2) is 0 Å². The first-order valence-electron chi connectivity index (χ1n) is 4.99. The molecule has 0 atom stereocenters. The Bertz CT molecular complexity index is 315. The third-order valence-corrected chi connectivity index (χ3v) is 2.89. The van der Waals surface area contributed by atoms with E-state index in [1.54, 1.807) is 6.26 Å². The summed E-state index contributed by atoms with van der Waals surface area (Å²) < 4.78 is 6.27. The molecule has 3 heteroatoms. The van der Waals surface area contributed by atoms with E-state index in [0.29, 0.717) is 0 Å². The van der Waals surface area contributed by atoms with Crippen LogP contribution in [-0.2, 0) is 0 Å². The lowest BCUT2D eigenvalue weighted by molar-refractivity contribution is 0.555. The lowest BCUT2D eigenvalue weighted by Crippen LogP contribution is -2.16. The van der Waals surface area contributed by atoms with Gasteiger partial charge in [0.25, 0.3) is 0 Å². The van der Waals surface area contributed by atoms with Gasteiger partial charge >= 0.3 is 0 Å². The summed E-state index contributed by atoms with van der Waals surface area (Å²) in [5.74, 6) is 0.899. The molecule has 1 aliphatic rings. The highest BCUT2D eigenvalue weighted by atomic mass is 79.9. The molecule has 1 N–H and O–H groups in total. The quantitative estimate of drug-likeness (QED) is 0.818. The number of hydrogen-bond acceptors (Lipinski definition) is 2. The molecule has 0 unspecified atom stereocenters. The third kappa shape index (κ3) is 3.00. The van der Waals surface area contributed by atoms with Crippen LogP contribution >= 0.6 is 15.9 Å². The van der Waals surface area contributed by atoms with E-state index in [-0.39, 0.29) is 0 Å². The van der Waals surface area contributed by atoms with Gasteiger partial charge in [-0.25, -0.2) is 0 Å². The predicted molar refractivity (Wildman–Crippen MR) is 61.1 cm³/mol.